The van der Waals surface area contributed by atoms with Gasteiger partial charge in [-0.25, -0.2) is 0 Å². The van der Waals surface area contributed by atoms with Crippen molar-refractivity contribution in [1.82, 2.24) is 0 Å². The predicted octanol–water partition coefficient (Wildman–Crippen LogP) is 4.21. The summed E-state index contributed by atoms with van der Waals surface area (Å²) in [5, 5.41) is 4.30. The number of rotatable bonds is 4. The van der Waals surface area contributed by atoms with Crippen LogP contribution in [0, 0.1) is 11.8 Å². The molecule has 0 aromatic heterocycles. The van der Waals surface area contributed by atoms with Crippen molar-refractivity contribution in [1.29, 1.82) is 0 Å². The van der Waals surface area contributed by atoms with Crippen molar-refractivity contribution in [3.05, 3.63) is 28.8 Å². The summed E-state index contributed by atoms with van der Waals surface area (Å²) in [5.74, 6) is 1.48. The van der Waals surface area contributed by atoms with E-state index in [2.05, 4.69) is 19.2 Å². The topological polar surface area (TPSA) is 38.0 Å². The van der Waals surface area contributed by atoms with E-state index in [1.54, 1.807) is 0 Å². The second-order valence-corrected chi connectivity index (χ2v) is 6.29. The first kappa shape index (κ1) is 14.6. The molecule has 1 aliphatic rings. The summed E-state index contributed by atoms with van der Waals surface area (Å²) in [5.41, 5.74) is 7.62. The largest absolute Gasteiger partial charge is 0.389 e. The fourth-order valence-corrected chi connectivity index (χ4v) is 3.43. The van der Waals surface area contributed by atoms with Gasteiger partial charge in [0, 0.05) is 22.3 Å². The Balaban J connectivity index is 2.19. The molecule has 4 heteroatoms. The molecule has 1 aromatic carbocycles. The fourth-order valence-electron chi connectivity index (χ4n) is 3.08. The van der Waals surface area contributed by atoms with Gasteiger partial charge in [-0.05, 0) is 42.9 Å². The zero-order valence-corrected chi connectivity index (χ0v) is 13.0. The number of thiocarbonyl (C=S) groups is 1. The Labute approximate surface area is 125 Å². The number of nitrogens with two attached hydrogens (primary N) is 1. The molecule has 1 fully saturated rings. The zero-order chi connectivity index (χ0) is 14.0. The molecule has 104 valence electrons. The van der Waals surface area contributed by atoms with E-state index < -0.39 is 0 Å². The lowest BCUT2D eigenvalue weighted by atomic mass is 9.93. The minimum Gasteiger partial charge on any atom is -0.389 e. The van der Waals surface area contributed by atoms with Crippen LogP contribution >= 0.6 is 23.8 Å². The van der Waals surface area contributed by atoms with Gasteiger partial charge in [-0.15, -0.1) is 0 Å². The fraction of sp³-hybridized carbons (Fsp3) is 0.533. The molecule has 0 amide bonds. The summed E-state index contributed by atoms with van der Waals surface area (Å²) in [7, 11) is 0. The van der Waals surface area contributed by atoms with Crippen molar-refractivity contribution in [2.75, 3.05) is 5.32 Å². The van der Waals surface area contributed by atoms with Gasteiger partial charge in [-0.3, -0.25) is 0 Å². The van der Waals surface area contributed by atoms with E-state index in [1.807, 2.05) is 18.2 Å². The SMILES string of the molecule is CCC1CCC(Nc2cc(Cl)ccc2C(N)=S)C1C. The second-order valence-electron chi connectivity index (χ2n) is 5.41. The molecule has 0 saturated heterocycles. The van der Waals surface area contributed by atoms with Gasteiger partial charge >= 0.3 is 0 Å². The van der Waals surface area contributed by atoms with Gasteiger partial charge in [-0.1, -0.05) is 44.1 Å². The minimum atomic E-state index is 0.414. The molecule has 1 aliphatic carbocycles. The Hall–Kier alpha value is -0.800. The molecule has 2 nitrogen and oxygen atoms in total. The molecule has 3 atom stereocenters. The lowest BCUT2D eigenvalue weighted by Gasteiger charge is -2.23. The average molecular weight is 297 g/mol. The van der Waals surface area contributed by atoms with E-state index in [0.29, 0.717) is 22.0 Å². The molecule has 0 bridgehead atoms. The van der Waals surface area contributed by atoms with Gasteiger partial charge in [0.2, 0.25) is 0 Å². The third-order valence-corrected chi connectivity index (χ3v) is 4.79. The minimum absolute atomic E-state index is 0.414. The first-order chi connectivity index (χ1) is 9.02. The highest BCUT2D eigenvalue weighted by Crippen LogP contribution is 2.36. The molecule has 3 unspecified atom stereocenters. The van der Waals surface area contributed by atoms with E-state index in [9.17, 15) is 0 Å². The van der Waals surface area contributed by atoms with Crippen molar-refractivity contribution < 1.29 is 0 Å². The number of hydrogen-bond acceptors (Lipinski definition) is 2. The first-order valence-electron chi connectivity index (χ1n) is 6.88. The maximum Gasteiger partial charge on any atom is 0.106 e. The number of benzene rings is 1. The van der Waals surface area contributed by atoms with Gasteiger partial charge in [0.15, 0.2) is 0 Å². The van der Waals surface area contributed by atoms with Gasteiger partial charge < -0.3 is 11.1 Å². The normalized spacial score (nSPS) is 26.4. The van der Waals surface area contributed by atoms with Gasteiger partial charge in [-0.2, -0.15) is 0 Å². The maximum absolute atomic E-state index is 6.08. The van der Waals surface area contributed by atoms with Crippen LogP contribution in [0.15, 0.2) is 18.2 Å². The number of nitrogens with one attached hydrogen (secondary N) is 1. The Morgan fingerprint density at radius 3 is 2.79 bits per heavy atom. The molecule has 19 heavy (non-hydrogen) atoms. The Bertz CT molecular complexity index is 475. The van der Waals surface area contributed by atoms with E-state index in [1.165, 1.54) is 19.3 Å². The van der Waals surface area contributed by atoms with Gasteiger partial charge in [0.1, 0.15) is 4.99 Å². The molecule has 0 heterocycles. The summed E-state index contributed by atoms with van der Waals surface area (Å²) in [6.07, 6.45) is 3.73. The average Bonchev–Trinajstić information content (AvgIpc) is 2.70. The smallest absolute Gasteiger partial charge is 0.106 e. The van der Waals surface area contributed by atoms with Crippen molar-refractivity contribution in [3.63, 3.8) is 0 Å². The molecule has 0 spiro atoms. The monoisotopic (exact) mass is 296 g/mol. The predicted molar refractivity (Wildman–Crippen MR) is 86.9 cm³/mol. The van der Waals surface area contributed by atoms with Crippen LogP contribution in [-0.2, 0) is 0 Å². The van der Waals surface area contributed by atoms with Crippen molar-refractivity contribution >= 4 is 34.5 Å². The van der Waals surface area contributed by atoms with Crippen LogP contribution < -0.4 is 11.1 Å². The lowest BCUT2D eigenvalue weighted by molar-refractivity contribution is 0.392. The van der Waals surface area contributed by atoms with E-state index in [-0.39, 0.29) is 0 Å². The van der Waals surface area contributed by atoms with Gasteiger partial charge in [0.25, 0.3) is 0 Å². The summed E-state index contributed by atoms with van der Waals surface area (Å²) in [6, 6.07) is 6.12. The summed E-state index contributed by atoms with van der Waals surface area (Å²) < 4.78 is 0. The molecular formula is C15H21ClN2S. The summed E-state index contributed by atoms with van der Waals surface area (Å²) in [4.78, 5) is 0.414. The standard InChI is InChI=1S/C15H21ClN2S/c1-3-10-4-7-13(9(10)2)18-14-8-11(16)5-6-12(14)15(17)19/h5-6,8-10,13,18H,3-4,7H2,1-2H3,(H2,17,19). The number of anilines is 1. The summed E-state index contributed by atoms with van der Waals surface area (Å²) in [6.45, 7) is 4.59. The molecule has 2 rings (SSSR count). The third kappa shape index (κ3) is 3.21. The quantitative estimate of drug-likeness (QED) is 0.817. The highest BCUT2D eigenvalue weighted by atomic mass is 35.5. The molecule has 3 N–H and O–H groups in total. The molecule has 1 saturated carbocycles. The highest BCUT2D eigenvalue weighted by molar-refractivity contribution is 7.80. The lowest BCUT2D eigenvalue weighted by Crippen LogP contribution is -2.26. The van der Waals surface area contributed by atoms with Crippen LogP contribution in [0.5, 0.6) is 0 Å². The van der Waals surface area contributed by atoms with Crippen LogP contribution in [0.2, 0.25) is 5.02 Å². The van der Waals surface area contributed by atoms with Crippen molar-refractivity contribution in [3.8, 4) is 0 Å². The van der Waals surface area contributed by atoms with Crippen LogP contribution in [-0.4, -0.2) is 11.0 Å². The molecule has 0 radical (unpaired) electrons. The van der Waals surface area contributed by atoms with Crippen LogP contribution in [0.3, 0.4) is 0 Å². The van der Waals surface area contributed by atoms with E-state index in [4.69, 9.17) is 29.6 Å². The van der Waals surface area contributed by atoms with E-state index >= 15 is 0 Å². The zero-order valence-electron chi connectivity index (χ0n) is 11.4. The third-order valence-electron chi connectivity index (χ3n) is 4.34. The Morgan fingerprint density at radius 2 is 2.21 bits per heavy atom. The Kier molecular flexibility index (Phi) is 4.69. The second kappa shape index (κ2) is 6.10. The molecule has 1 aromatic rings. The molecule has 0 aliphatic heterocycles. The van der Waals surface area contributed by atoms with E-state index in [0.717, 1.165) is 17.2 Å². The molecular weight excluding hydrogens is 276 g/mol. The van der Waals surface area contributed by atoms with Gasteiger partial charge in [0.05, 0.1) is 0 Å². The first-order valence-corrected chi connectivity index (χ1v) is 7.67. The number of halogens is 1. The maximum atomic E-state index is 6.08. The van der Waals surface area contributed by atoms with Crippen LogP contribution in [0.1, 0.15) is 38.7 Å². The Morgan fingerprint density at radius 1 is 1.47 bits per heavy atom. The van der Waals surface area contributed by atoms with Crippen LogP contribution in [0.4, 0.5) is 5.69 Å². The highest BCUT2D eigenvalue weighted by Gasteiger charge is 2.31. The number of hydrogen-bond donors (Lipinski definition) is 2. The van der Waals surface area contributed by atoms with Crippen molar-refractivity contribution in [2.45, 2.75) is 39.2 Å². The summed E-state index contributed by atoms with van der Waals surface area (Å²) >= 11 is 11.2. The van der Waals surface area contributed by atoms with Crippen molar-refractivity contribution in [2.24, 2.45) is 17.6 Å². The van der Waals surface area contributed by atoms with Crippen LogP contribution in [0.25, 0.3) is 0 Å².